The van der Waals surface area contributed by atoms with Gasteiger partial charge in [-0.25, -0.2) is 0 Å². The lowest BCUT2D eigenvalue weighted by Crippen LogP contribution is -2.21. The lowest BCUT2D eigenvalue weighted by atomic mass is 9.89. The van der Waals surface area contributed by atoms with Gasteiger partial charge in [0.2, 0.25) is 0 Å². The molecule has 0 saturated heterocycles. The summed E-state index contributed by atoms with van der Waals surface area (Å²) in [6.07, 6.45) is 6.59. The fraction of sp³-hybridized carbons (Fsp3) is 0.647. The number of unbranched alkanes of at least 4 members (excludes halogenated alkanes) is 1. The van der Waals surface area contributed by atoms with Gasteiger partial charge in [-0.15, -0.1) is 0 Å². The Labute approximate surface area is 132 Å². The van der Waals surface area contributed by atoms with Crippen LogP contribution in [-0.4, -0.2) is 7.05 Å². The minimum Gasteiger partial charge on any atom is -0.313 e. The summed E-state index contributed by atoms with van der Waals surface area (Å²) >= 11 is 2.49. The Bertz CT molecular complexity index is 376. The topological polar surface area (TPSA) is 12.0 Å². The number of aryl methyl sites for hydroxylation is 1. The van der Waals surface area contributed by atoms with Crippen LogP contribution in [0.25, 0.3) is 0 Å². The van der Waals surface area contributed by atoms with Gasteiger partial charge in [0.1, 0.15) is 0 Å². The van der Waals surface area contributed by atoms with Crippen LogP contribution in [0.3, 0.4) is 0 Å². The first-order chi connectivity index (χ1) is 9.13. The van der Waals surface area contributed by atoms with Gasteiger partial charge < -0.3 is 5.32 Å². The van der Waals surface area contributed by atoms with Crippen LogP contribution < -0.4 is 5.32 Å². The number of rotatable bonds is 8. The van der Waals surface area contributed by atoms with Crippen LogP contribution in [0.15, 0.2) is 18.2 Å². The molecule has 2 unspecified atom stereocenters. The highest BCUT2D eigenvalue weighted by atomic mass is 127. The smallest absolute Gasteiger partial charge is 0.0330 e. The molecule has 1 N–H and O–H groups in total. The van der Waals surface area contributed by atoms with E-state index in [0.717, 1.165) is 5.92 Å². The fourth-order valence-corrected chi connectivity index (χ4v) is 3.39. The summed E-state index contributed by atoms with van der Waals surface area (Å²) in [5, 5.41) is 3.52. The largest absolute Gasteiger partial charge is 0.313 e. The molecule has 0 aliphatic carbocycles. The van der Waals surface area contributed by atoms with E-state index in [-0.39, 0.29) is 0 Å². The van der Waals surface area contributed by atoms with Crippen molar-refractivity contribution in [2.24, 2.45) is 5.92 Å². The molecule has 0 heterocycles. The Morgan fingerprint density at radius 1 is 1.26 bits per heavy atom. The predicted molar refractivity (Wildman–Crippen MR) is 93.6 cm³/mol. The van der Waals surface area contributed by atoms with Gasteiger partial charge in [-0.1, -0.05) is 57.7 Å². The Balaban J connectivity index is 2.79. The molecule has 0 aliphatic rings. The van der Waals surface area contributed by atoms with E-state index in [9.17, 15) is 0 Å². The molecule has 2 atom stereocenters. The van der Waals surface area contributed by atoms with Crippen molar-refractivity contribution in [2.75, 3.05) is 7.05 Å². The third-order valence-corrected chi connectivity index (χ3v) is 5.53. The van der Waals surface area contributed by atoms with Crippen LogP contribution in [0.4, 0.5) is 0 Å². The van der Waals surface area contributed by atoms with Crippen LogP contribution in [0.5, 0.6) is 0 Å². The SMILES string of the molecule is CCCCC(CC)CC(NC)c1cccc(C)c1I. The van der Waals surface area contributed by atoms with E-state index >= 15 is 0 Å². The van der Waals surface area contributed by atoms with Crippen LogP contribution in [0.2, 0.25) is 0 Å². The molecule has 0 aromatic heterocycles. The molecular weight excluding hydrogens is 345 g/mol. The van der Waals surface area contributed by atoms with Gasteiger partial charge in [-0.05, 0) is 60.0 Å². The summed E-state index contributed by atoms with van der Waals surface area (Å²) < 4.78 is 1.42. The average Bonchev–Trinajstić information content (AvgIpc) is 2.43. The fourth-order valence-electron chi connectivity index (χ4n) is 2.65. The minimum absolute atomic E-state index is 0.494. The monoisotopic (exact) mass is 373 g/mol. The highest BCUT2D eigenvalue weighted by Crippen LogP contribution is 2.30. The van der Waals surface area contributed by atoms with Gasteiger partial charge in [0, 0.05) is 9.61 Å². The Morgan fingerprint density at radius 3 is 2.58 bits per heavy atom. The average molecular weight is 373 g/mol. The van der Waals surface area contributed by atoms with Crippen molar-refractivity contribution in [1.29, 1.82) is 0 Å². The molecule has 108 valence electrons. The maximum atomic E-state index is 3.52. The van der Waals surface area contributed by atoms with E-state index in [1.807, 2.05) is 0 Å². The highest BCUT2D eigenvalue weighted by molar-refractivity contribution is 14.1. The molecule has 0 radical (unpaired) electrons. The molecule has 2 heteroatoms. The summed E-state index contributed by atoms with van der Waals surface area (Å²) in [7, 11) is 2.09. The van der Waals surface area contributed by atoms with Crippen molar-refractivity contribution in [3.05, 3.63) is 32.9 Å². The molecule has 1 nitrogen and oxygen atoms in total. The Morgan fingerprint density at radius 2 is 2.00 bits per heavy atom. The predicted octanol–water partition coefficient (Wildman–Crippen LogP) is 5.47. The summed E-state index contributed by atoms with van der Waals surface area (Å²) in [5.74, 6) is 0.841. The molecule has 1 rings (SSSR count). The molecule has 0 amide bonds. The molecule has 0 spiro atoms. The number of halogens is 1. The van der Waals surface area contributed by atoms with Crippen LogP contribution >= 0.6 is 22.6 Å². The highest BCUT2D eigenvalue weighted by Gasteiger charge is 2.18. The van der Waals surface area contributed by atoms with Crippen molar-refractivity contribution in [3.8, 4) is 0 Å². The lowest BCUT2D eigenvalue weighted by molar-refractivity contribution is 0.364. The van der Waals surface area contributed by atoms with Gasteiger partial charge >= 0.3 is 0 Å². The van der Waals surface area contributed by atoms with E-state index < -0.39 is 0 Å². The number of nitrogens with one attached hydrogen (secondary N) is 1. The standard InChI is InChI=1S/C17H28IN/c1-5-7-10-14(6-2)12-16(19-4)15-11-8-9-13(3)17(15)18/h8-9,11,14,16,19H,5-7,10,12H2,1-4H3. The van der Waals surface area contributed by atoms with Gasteiger partial charge in [0.15, 0.2) is 0 Å². The molecule has 0 aliphatic heterocycles. The van der Waals surface area contributed by atoms with Crippen LogP contribution in [-0.2, 0) is 0 Å². The molecule has 0 saturated carbocycles. The van der Waals surface area contributed by atoms with Gasteiger partial charge in [-0.3, -0.25) is 0 Å². The number of benzene rings is 1. The second kappa shape index (κ2) is 8.96. The summed E-state index contributed by atoms with van der Waals surface area (Å²) in [5.41, 5.74) is 2.86. The molecule has 0 bridgehead atoms. The minimum atomic E-state index is 0.494. The molecule has 1 aromatic rings. The first-order valence-corrected chi connectivity index (χ1v) is 8.64. The maximum Gasteiger partial charge on any atom is 0.0330 e. The normalized spacial score (nSPS) is 14.4. The van der Waals surface area contributed by atoms with E-state index in [0.29, 0.717) is 6.04 Å². The molecule has 19 heavy (non-hydrogen) atoms. The Kier molecular flexibility index (Phi) is 8.00. The summed E-state index contributed by atoms with van der Waals surface area (Å²) in [6, 6.07) is 7.16. The molecule has 1 aromatic carbocycles. The first kappa shape index (κ1) is 17.0. The third kappa shape index (κ3) is 5.07. The summed E-state index contributed by atoms with van der Waals surface area (Å²) in [6.45, 7) is 6.81. The van der Waals surface area contributed by atoms with E-state index in [2.05, 4.69) is 73.9 Å². The van der Waals surface area contributed by atoms with Crippen molar-refractivity contribution < 1.29 is 0 Å². The van der Waals surface area contributed by atoms with E-state index in [1.165, 1.54) is 46.8 Å². The van der Waals surface area contributed by atoms with Crippen molar-refractivity contribution in [2.45, 2.75) is 58.9 Å². The first-order valence-electron chi connectivity index (χ1n) is 7.56. The third-order valence-electron chi connectivity index (χ3n) is 4.06. The van der Waals surface area contributed by atoms with E-state index in [1.54, 1.807) is 0 Å². The van der Waals surface area contributed by atoms with Gasteiger partial charge in [0.05, 0.1) is 0 Å². The number of hydrogen-bond donors (Lipinski definition) is 1. The number of hydrogen-bond acceptors (Lipinski definition) is 1. The zero-order valence-electron chi connectivity index (χ0n) is 12.8. The van der Waals surface area contributed by atoms with Gasteiger partial charge in [-0.2, -0.15) is 0 Å². The Hall–Kier alpha value is -0.0900. The van der Waals surface area contributed by atoms with Crippen molar-refractivity contribution in [3.63, 3.8) is 0 Å². The van der Waals surface area contributed by atoms with Gasteiger partial charge in [0.25, 0.3) is 0 Å². The summed E-state index contributed by atoms with van der Waals surface area (Å²) in [4.78, 5) is 0. The van der Waals surface area contributed by atoms with Crippen LogP contribution in [0, 0.1) is 16.4 Å². The maximum absolute atomic E-state index is 3.52. The van der Waals surface area contributed by atoms with Crippen molar-refractivity contribution in [1.82, 2.24) is 5.32 Å². The second-order valence-electron chi connectivity index (χ2n) is 5.47. The van der Waals surface area contributed by atoms with Crippen molar-refractivity contribution >= 4 is 22.6 Å². The zero-order chi connectivity index (χ0) is 14.3. The second-order valence-corrected chi connectivity index (χ2v) is 6.55. The molecular formula is C17H28IN. The quantitative estimate of drug-likeness (QED) is 0.596. The van der Waals surface area contributed by atoms with Crippen LogP contribution in [0.1, 0.15) is 63.1 Å². The lowest BCUT2D eigenvalue weighted by Gasteiger charge is -2.24. The molecule has 0 fully saturated rings. The van der Waals surface area contributed by atoms with E-state index in [4.69, 9.17) is 0 Å². The zero-order valence-corrected chi connectivity index (χ0v) is 15.0.